The molecule has 0 spiro atoms. The van der Waals surface area contributed by atoms with E-state index >= 15 is 0 Å². The molecule has 2 nitrogen and oxygen atoms in total. The minimum Gasteiger partial charge on any atom is -0.396 e. The van der Waals surface area contributed by atoms with Gasteiger partial charge in [0.2, 0.25) is 0 Å². The number of hydrogen-bond donors (Lipinski definition) is 1. The molecule has 0 aliphatic carbocycles. The molecule has 1 saturated heterocycles. The summed E-state index contributed by atoms with van der Waals surface area (Å²) in [5.74, 6) is 0. The molecule has 1 heterocycles. The van der Waals surface area contributed by atoms with Gasteiger partial charge in [0.15, 0.2) is 0 Å². The minimum atomic E-state index is 0.110. The summed E-state index contributed by atoms with van der Waals surface area (Å²) in [4.78, 5) is 2.51. The van der Waals surface area contributed by atoms with Crippen molar-refractivity contribution in [2.45, 2.75) is 46.1 Å². The molecule has 0 aromatic heterocycles. The van der Waals surface area contributed by atoms with Gasteiger partial charge in [0.05, 0.1) is 0 Å². The molecule has 0 aromatic rings. The third-order valence-electron chi connectivity index (χ3n) is 3.51. The van der Waals surface area contributed by atoms with Gasteiger partial charge >= 0.3 is 0 Å². The molecule has 78 valence electrons. The topological polar surface area (TPSA) is 23.5 Å². The van der Waals surface area contributed by atoms with Gasteiger partial charge in [-0.1, -0.05) is 13.8 Å². The molecule has 0 aromatic carbocycles. The molecule has 0 bridgehead atoms. The van der Waals surface area contributed by atoms with Gasteiger partial charge in [0.1, 0.15) is 0 Å². The van der Waals surface area contributed by atoms with Gasteiger partial charge < -0.3 is 10.0 Å². The molecule has 13 heavy (non-hydrogen) atoms. The SMILES string of the molecule is CCC(C)(CO)CN1CCCC1C. The van der Waals surface area contributed by atoms with Crippen LogP contribution in [0.25, 0.3) is 0 Å². The predicted molar refractivity (Wildman–Crippen MR) is 55.8 cm³/mol. The van der Waals surface area contributed by atoms with Gasteiger partial charge in [0, 0.05) is 24.6 Å². The summed E-state index contributed by atoms with van der Waals surface area (Å²) >= 11 is 0. The Kier molecular flexibility index (Phi) is 3.74. The summed E-state index contributed by atoms with van der Waals surface area (Å²) in [5.41, 5.74) is 0.110. The normalized spacial score (nSPS) is 29.1. The van der Waals surface area contributed by atoms with Crippen molar-refractivity contribution in [3.05, 3.63) is 0 Å². The van der Waals surface area contributed by atoms with Crippen LogP contribution in [0, 0.1) is 5.41 Å². The van der Waals surface area contributed by atoms with Crippen molar-refractivity contribution in [1.29, 1.82) is 0 Å². The van der Waals surface area contributed by atoms with Gasteiger partial charge in [-0.25, -0.2) is 0 Å². The van der Waals surface area contributed by atoms with Crippen LogP contribution in [-0.2, 0) is 0 Å². The molecular formula is C11H23NO. The fourth-order valence-electron chi connectivity index (χ4n) is 1.99. The fourth-order valence-corrected chi connectivity index (χ4v) is 1.99. The summed E-state index contributed by atoms with van der Waals surface area (Å²) in [6.07, 6.45) is 3.71. The van der Waals surface area contributed by atoms with E-state index < -0.39 is 0 Å². The third kappa shape index (κ3) is 2.68. The highest BCUT2D eigenvalue weighted by Gasteiger charge is 2.29. The molecule has 1 fully saturated rings. The smallest absolute Gasteiger partial charge is 0.0496 e. The molecule has 0 saturated carbocycles. The second-order valence-corrected chi connectivity index (χ2v) is 4.78. The Morgan fingerprint density at radius 1 is 1.54 bits per heavy atom. The monoisotopic (exact) mass is 185 g/mol. The molecule has 2 atom stereocenters. The van der Waals surface area contributed by atoms with Crippen molar-refractivity contribution in [2.75, 3.05) is 19.7 Å². The Balaban J connectivity index is 2.45. The van der Waals surface area contributed by atoms with Crippen LogP contribution in [-0.4, -0.2) is 35.7 Å². The van der Waals surface area contributed by atoms with Crippen LogP contribution in [0.3, 0.4) is 0 Å². The molecule has 0 radical (unpaired) electrons. The molecular weight excluding hydrogens is 162 g/mol. The highest BCUT2D eigenvalue weighted by Crippen LogP contribution is 2.26. The molecule has 1 rings (SSSR count). The first-order chi connectivity index (χ1) is 6.11. The molecule has 1 N–H and O–H groups in total. The van der Waals surface area contributed by atoms with Crippen LogP contribution < -0.4 is 0 Å². The molecule has 2 unspecified atom stereocenters. The molecule has 1 aliphatic heterocycles. The third-order valence-corrected chi connectivity index (χ3v) is 3.51. The average Bonchev–Trinajstić information content (AvgIpc) is 2.52. The van der Waals surface area contributed by atoms with Crippen LogP contribution in [0.15, 0.2) is 0 Å². The lowest BCUT2D eigenvalue weighted by atomic mass is 9.88. The zero-order valence-corrected chi connectivity index (χ0v) is 9.21. The van der Waals surface area contributed by atoms with E-state index in [2.05, 4.69) is 25.7 Å². The maximum Gasteiger partial charge on any atom is 0.0496 e. The van der Waals surface area contributed by atoms with Crippen molar-refractivity contribution >= 4 is 0 Å². The van der Waals surface area contributed by atoms with E-state index in [0.29, 0.717) is 6.61 Å². The Bertz CT molecular complexity index is 154. The Hall–Kier alpha value is -0.0800. The van der Waals surface area contributed by atoms with E-state index in [1.54, 1.807) is 0 Å². The first-order valence-electron chi connectivity index (χ1n) is 5.46. The van der Waals surface area contributed by atoms with Crippen molar-refractivity contribution in [1.82, 2.24) is 4.90 Å². The largest absolute Gasteiger partial charge is 0.396 e. The van der Waals surface area contributed by atoms with Crippen molar-refractivity contribution < 1.29 is 5.11 Å². The van der Waals surface area contributed by atoms with Crippen molar-refractivity contribution in [2.24, 2.45) is 5.41 Å². The van der Waals surface area contributed by atoms with Crippen LogP contribution in [0.2, 0.25) is 0 Å². The maximum atomic E-state index is 9.31. The minimum absolute atomic E-state index is 0.110. The van der Waals surface area contributed by atoms with E-state index in [9.17, 15) is 5.11 Å². The number of aliphatic hydroxyl groups excluding tert-OH is 1. The number of likely N-dealkylation sites (tertiary alicyclic amines) is 1. The standard InChI is InChI=1S/C11H23NO/c1-4-11(3,9-13)8-12-7-5-6-10(12)2/h10,13H,4-9H2,1-3H3. The van der Waals surface area contributed by atoms with E-state index in [0.717, 1.165) is 19.0 Å². The predicted octanol–water partition coefficient (Wildman–Crippen LogP) is 1.88. The summed E-state index contributed by atoms with van der Waals surface area (Å²) < 4.78 is 0. The summed E-state index contributed by atoms with van der Waals surface area (Å²) in [7, 11) is 0. The Morgan fingerprint density at radius 3 is 2.62 bits per heavy atom. The lowest BCUT2D eigenvalue weighted by Gasteiger charge is -2.33. The van der Waals surface area contributed by atoms with E-state index in [-0.39, 0.29) is 5.41 Å². The molecule has 1 aliphatic rings. The highest BCUT2D eigenvalue weighted by molar-refractivity contribution is 4.82. The van der Waals surface area contributed by atoms with Crippen LogP contribution in [0.4, 0.5) is 0 Å². The van der Waals surface area contributed by atoms with E-state index in [1.807, 2.05) is 0 Å². The fraction of sp³-hybridized carbons (Fsp3) is 1.00. The van der Waals surface area contributed by atoms with Gasteiger partial charge in [-0.15, -0.1) is 0 Å². The Labute approximate surface area is 81.9 Å². The van der Waals surface area contributed by atoms with Crippen molar-refractivity contribution in [3.63, 3.8) is 0 Å². The first kappa shape index (κ1) is 11.0. The average molecular weight is 185 g/mol. The quantitative estimate of drug-likeness (QED) is 0.723. The van der Waals surface area contributed by atoms with Crippen molar-refractivity contribution in [3.8, 4) is 0 Å². The Morgan fingerprint density at radius 2 is 2.23 bits per heavy atom. The van der Waals surface area contributed by atoms with Crippen LogP contribution >= 0.6 is 0 Å². The second kappa shape index (κ2) is 4.43. The number of rotatable bonds is 4. The summed E-state index contributed by atoms with van der Waals surface area (Å²) in [6.45, 7) is 9.22. The van der Waals surface area contributed by atoms with E-state index in [1.165, 1.54) is 19.4 Å². The van der Waals surface area contributed by atoms with Gasteiger partial charge in [-0.3, -0.25) is 0 Å². The summed E-state index contributed by atoms with van der Waals surface area (Å²) in [5, 5.41) is 9.31. The maximum absolute atomic E-state index is 9.31. The zero-order chi connectivity index (χ0) is 9.90. The van der Waals surface area contributed by atoms with E-state index in [4.69, 9.17) is 0 Å². The number of aliphatic hydroxyl groups is 1. The lowest BCUT2D eigenvalue weighted by molar-refractivity contribution is 0.0819. The number of nitrogens with zero attached hydrogens (tertiary/aromatic N) is 1. The second-order valence-electron chi connectivity index (χ2n) is 4.78. The summed E-state index contributed by atoms with van der Waals surface area (Å²) in [6, 6.07) is 0.720. The zero-order valence-electron chi connectivity index (χ0n) is 9.21. The van der Waals surface area contributed by atoms with Gasteiger partial charge in [0.25, 0.3) is 0 Å². The van der Waals surface area contributed by atoms with Crippen LogP contribution in [0.5, 0.6) is 0 Å². The number of hydrogen-bond acceptors (Lipinski definition) is 2. The molecule has 0 amide bonds. The van der Waals surface area contributed by atoms with Crippen LogP contribution in [0.1, 0.15) is 40.0 Å². The van der Waals surface area contributed by atoms with Gasteiger partial charge in [-0.05, 0) is 32.7 Å². The molecule has 2 heteroatoms. The lowest BCUT2D eigenvalue weighted by Crippen LogP contribution is -2.39. The first-order valence-corrected chi connectivity index (χ1v) is 5.46. The highest BCUT2D eigenvalue weighted by atomic mass is 16.3. The van der Waals surface area contributed by atoms with Gasteiger partial charge in [-0.2, -0.15) is 0 Å².